The van der Waals surface area contributed by atoms with E-state index in [1.807, 2.05) is 41.9 Å². The van der Waals surface area contributed by atoms with Crippen LogP contribution in [-0.4, -0.2) is 32.2 Å². The molecule has 1 atom stereocenters. The summed E-state index contributed by atoms with van der Waals surface area (Å²) in [5.74, 6) is 0.436. The summed E-state index contributed by atoms with van der Waals surface area (Å²) in [5.41, 5.74) is 2.19. The number of aromatic nitrogens is 4. The van der Waals surface area contributed by atoms with Gasteiger partial charge in [-0.3, -0.25) is 4.79 Å². The van der Waals surface area contributed by atoms with Gasteiger partial charge in [0, 0.05) is 17.0 Å². The summed E-state index contributed by atoms with van der Waals surface area (Å²) >= 11 is 1.57. The highest BCUT2D eigenvalue weighted by Crippen LogP contribution is 2.16. The maximum atomic E-state index is 12.1. The number of nitrogens with one attached hydrogen (secondary N) is 1. The number of tetrazole rings is 1. The van der Waals surface area contributed by atoms with Crippen molar-refractivity contribution < 1.29 is 4.79 Å². The van der Waals surface area contributed by atoms with Crippen LogP contribution in [0.5, 0.6) is 0 Å². The molecule has 2 heterocycles. The second-order valence-corrected chi connectivity index (χ2v) is 6.43. The van der Waals surface area contributed by atoms with Crippen molar-refractivity contribution in [3.8, 4) is 11.4 Å². The lowest BCUT2D eigenvalue weighted by molar-refractivity contribution is -0.122. The minimum atomic E-state index is -0.107. The van der Waals surface area contributed by atoms with Crippen LogP contribution in [0.2, 0.25) is 0 Å². The lowest BCUT2D eigenvalue weighted by Gasteiger charge is -2.13. The summed E-state index contributed by atoms with van der Waals surface area (Å²) in [6.07, 6.45) is 1.83. The molecule has 0 radical (unpaired) electrons. The zero-order valence-corrected chi connectivity index (χ0v) is 14.2. The summed E-state index contributed by atoms with van der Waals surface area (Å²) in [6, 6.07) is 12.3. The van der Waals surface area contributed by atoms with Gasteiger partial charge in [-0.2, -0.15) is 16.1 Å². The Hall–Kier alpha value is -2.54. The molecule has 0 saturated carbocycles. The lowest BCUT2D eigenvalue weighted by atomic mass is 10.1. The van der Waals surface area contributed by atoms with E-state index < -0.39 is 0 Å². The van der Waals surface area contributed by atoms with Crippen LogP contribution in [-0.2, 0) is 17.8 Å². The number of carbonyl (C=O) groups excluding carboxylic acids is 1. The third-order valence-corrected chi connectivity index (χ3v) is 4.32. The Morgan fingerprint density at radius 2 is 2.12 bits per heavy atom. The van der Waals surface area contributed by atoms with Crippen LogP contribution in [0.25, 0.3) is 11.4 Å². The quantitative estimate of drug-likeness (QED) is 0.717. The van der Waals surface area contributed by atoms with E-state index in [-0.39, 0.29) is 18.5 Å². The molecule has 1 aromatic carbocycles. The molecule has 1 N–H and O–H groups in total. The Balaban J connectivity index is 1.47. The Morgan fingerprint density at radius 3 is 2.88 bits per heavy atom. The molecular weight excluding hydrogens is 322 g/mol. The molecule has 24 heavy (non-hydrogen) atoms. The monoisotopic (exact) mass is 341 g/mol. The van der Waals surface area contributed by atoms with Gasteiger partial charge in [-0.15, -0.1) is 10.2 Å². The maximum Gasteiger partial charge on any atom is 0.243 e. The van der Waals surface area contributed by atoms with E-state index in [2.05, 4.69) is 32.9 Å². The zero-order chi connectivity index (χ0) is 16.8. The standard InChI is InChI=1S/C17H19N5OS/c1-13(7-8-14-5-3-2-4-6-14)18-16(23)11-22-20-17(19-21-22)15-9-10-24-12-15/h2-6,9-10,12-13H,7-8,11H2,1H3,(H,18,23)/t13-/m1/s1. The first-order chi connectivity index (χ1) is 11.7. The summed E-state index contributed by atoms with van der Waals surface area (Å²) < 4.78 is 0. The molecule has 0 spiro atoms. The normalized spacial score (nSPS) is 12.0. The molecule has 0 bridgehead atoms. The predicted molar refractivity (Wildman–Crippen MR) is 93.5 cm³/mol. The fraction of sp³-hybridized carbons (Fsp3) is 0.294. The SMILES string of the molecule is C[C@H](CCc1ccccc1)NC(=O)Cn1nnc(-c2ccsc2)n1. The molecular formula is C17H19N5OS. The highest BCUT2D eigenvalue weighted by molar-refractivity contribution is 7.08. The number of hydrogen-bond acceptors (Lipinski definition) is 5. The van der Waals surface area contributed by atoms with Gasteiger partial charge in [0.25, 0.3) is 0 Å². The first kappa shape index (κ1) is 16.3. The fourth-order valence-corrected chi connectivity index (χ4v) is 3.00. The van der Waals surface area contributed by atoms with Crippen molar-refractivity contribution in [3.63, 3.8) is 0 Å². The summed E-state index contributed by atoms with van der Waals surface area (Å²) in [5, 5.41) is 19.0. The molecule has 0 aliphatic carbocycles. The lowest BCUT2D eigenvalue weighted by Crippen LogP contribution is -2.35. The average molecular weight is 341 g/mol. The van der Waals surface area contributed by atoms with Crippen LogP contribution in [0.1, 0.15) is 18.9 Å². The molecule has 2 aromatic heterocycles. The van der Waals surface area contributed by atoms with Crippen molar-refractivity contribution in [1.82, 2.24) is 25.5 Å². The second kappa shape index (κ2) is 7.83. The largest absolute Gasteiger partial charge is 0.352 e. The third-order valence-electron chi connectivity index (χ3n) is 3.63. The molecule has 0 aliphatic rings. The molecule has 0 unspecified atom stereocenters. The Morgan fingerprint density at radius 1 is 1.29 bits per heavy atom. The molecule has 124 valence electrons. The topological polar surface area (TPSA) is 72.7 Å². The second-order valence-electron chi connectivity index (χ2n) is 5.65. The van der Waals surface area contributed by atoms with Crippen LogP contribution >= 0.6 is 11.3 Å². The Bertz CT molecular complexity index is 769. The van der Waals surface area contributed by atoms with E-state index in [9.17, 15) is 4.79 Å². The van der Waals surface area contributed by atoms with Crippen LogP contribution in [0.3, 0.4) is 0 Å². The van der Waals surface area contributed by atoms with E-state index in [1.165, 1.54) is 10.4 Å². The molecule has 6 nitrogen and oxygen atoms in total. The smallest absolute Gasteiger partial charge is 0.243 e. The highest BCUT2D eigenvalue weighted by Gasteiger charge is 2.11. The molecule has 3 aromatic rings. The molecule has 3 rings (SSSR count). The van der Waals surface area contributed by atoms with Gasteiger partial charge in [0.2, 0.25) is 11.7 Å². The van der Waals surface area contributed by atoms with Crippen molar-refractivity contribution in [1.29, 1.82) is 0 Å². The molecule has 0 fully saturated rings. The van der Waals surface area contributed by atoms with Gasteiger partial charge < -0.3 is 5.32 Å². The molecule has 1 amide bonds. The van der Waals surface area contributed by atoms with Gasteiger partial charge in [-0.25, -0.2) is 0 Å². The number of aryl methyl sites for hydroxylation is 1. The van der Waals surface area contributed by atoms with Crippen molar-refractivity contribution in [2.75, 3.05) is 0 Å². The number of amides is 1. The van der Waals surface area contributed by atoms with Crippen molar-refractivity contribution in [2.24, 2.45) is 0 Å². The van der Waals surface area contributed by atoms with Crippen LogP contribution in [0, 0.1) is 0 Å². The third kappa shape index (κ3) is 4.48. The van der Waals surface area contributed by atoms with Gasteiger partial charge in [-0.05, 0) is 42.0 Å². The molecule has 0 aliphatic heterocycles. The van der Waals surface area contributed by atoms with Crippen LogP contribution in [0.15, 0.2) is 47.2 Å². The molecule has 0 saturated heterocycles. The van der Waals surface area contributed by atoms with E-state index in [4.69, 9.17) is 0 Å². The van der Waals surface area contributed by atoms with Gasteiger partial charge in [0.05, 0.1) is 0 Å². The Labute approximate surface area is 144 Å². The maximum absolute atomic E-state index is 12.1. The first-order valence-electron chi connectivity index (χ1n) is 7.84. The summed E-state index contributed by atoms with van der Waals surface area (Å²) in [6.45, 7) is 2.08. The Kier molecular flexibility index (Phi) is 5.32. The van der Waals surface area contributed by atoms with Crippen LogP contribution in [0.4, 0.5) is 0 Å². The van der Waals surface area contributed by atoms with Gasteiger partial charge >= 0.3 is 0 Å². The van der Waals surface area contributed by atoms with Crippen molar-refractivity contribution in [3.05, 3.63) is 52.7 Å². The minimum absolute atomic E-state index is 0.0762. The van der Waals surface area contributed by atoms with E-state index >= 15 is 0 Å². The number of benzene rings is 1. The van der Waals surface area contributed by atoms with Crippen molar-refractivity contribution >= 4 is 17.2 Å². The zero-order valence-electron chi connectivity index (χ0n) is 13.4. The number of carbonyl (C=O) groups is 1. The van der Waals surface area contributed by atoms with E-state index in [1.54, 1.807) is 11.3 Å². The minimum Gasteiger partial charge on any atom is -0.352 e. The number of rotatable bonds is 7. The van der Waals surface area contributed by atoms with Crippen molar-refractivity contribution in [2.45, 2.75) is 32.4 Å². The van der Waals surface area contributed by atoms with E-state index in [0.717, 1.165) is 18.4 Å². The fourth-order valence-electron chi connectivity index (χ4n) is 2.37. The number of thiophene rings is 1. The highest BCUT2D eigenvalue weighted by atomic mass is 32.1. The first-order valence-corrected chi connectivity index (χ1v) is 8.78. The average Bonchev–Trinajstić information content (AvgIpc) is 3.25. The summed E-state index contributed by atoms with van der Waals surface area (Å²) in [7, 11) is 0. The number of hydrogen-bond donors (Lipinski definition) is 1. The summed E-state index contributed by atoms with van der Waals surface area (Å²) in [4.78, 5) is 13.4. The van der Waals surface area contributed by atoms with Crippen LogP contribution < -0.4 is 5.32 Å². The number of nitrogens with zero attached hydrogens (tertiary/aromatic N) is 4. The van der Waals surface area contributed by atoms with Gasteiger partial charge in [0.15, 0.2) is 0 Å². The van der Waals surface area contributed by atoms with E-state index in [0.29, 0.717) is 5.82 Å². The molecule has 7 heteroatoms. The van der Waals surface area contributed by atoms with Gasteiger partial charge in [0.1, 0.15) is 6.54 Å². The predicted octanol–water partition coefficient (Wildman–Crippen LogP) is 2.54. The van der Waals surface area contributed by atoms with Gasteiger partial charge in [-0.1, -0.05) is 30.3 Å².